The van der Waals surface area contributed by atoms with Crippen molar-refractivity contribution < 1.29 is 19.5 Å². The molecule has 26 heavy (non-hydrogen) atoms. The van der Waals surface area contributed by atoms with E-state index in [1.165, 1.54) is 0 Å². The number of carboxylic acid groups (broad SMARTS) is 1. The molecule has 0 aliphatic heterocycles. The third-order valence-corrected chi connectivity index (χ3v) is 3.40. The summed E-state index contributed by atoms with van der Waals surface area (Å²) in [7, 11) is 0. The van der Waals surface area contributed by atoms with Crippen LogP contribution in [0.1, 0.15) is 24.2 Å². The molecule has 0 saturated carbocycles. The summed E-state index contributed by atoms with van der Waals surface area (Å²) in [5, 5.41) is 16.5. The fraction of sp³-hybridized carbons (Fsp3) is 0.211. The van der Waals surface area contributed by atoms with Gasteiger partial charge in [0, 0.05) is 17.3 Å². The van der Waals surface area contributed by atoms with Gasteiger partial charge in [-0.1, -0.05) is 24.3 Å². The molecule has 0 heterocycles. The zero-order valence-corrected chi connectivity index (χ0v) is 14.6. The Bertz CT molecular complexity index is 818. The molecule has 7 heteroatoms. The van der Waals surface area contributed by atoms with E-state index in [0.29, 0.717) is 11.3 Å². The molecule has 0 saturated heterocycles. The number of carbonyl (C=O) groups is 3. The van der Waals surface area contributed by atoms with Crippen LogP contribution in [0.5, 0.6) is 0 Å². The van der Waals surface area contributed by atoms with Gasteiger partial charge in [0.15, 0.2) is 0 Å². The van der Waals surface area contributed by atoms with E-state index in [1.54, 1.807) is 36.4 Å². The third kappa shape index (κ3) is 5.62. The van der Waals surface area contributed by atoms with Crippen LogP contribution in [0.4, 0.5) is 10.5 Å². The number of nitrogens with one attached hydrogen (secondary N) is 3. The van der Waals surface area contributed by atoms with Crippen molar-refractivity contribution in [3.63, 3.8) is 0 Å². The number of carbonyl (C=O) groups excluding carboxylic acids is 2. The molecule has 0 atom stereocenters. The normalized spacial score (nSPS) is 10.3. The second-order valence-corrected chi connectivity index (χ2v) is 5.99. The van der Waals surface area contributed by atoms with E-state index in [1.807, 2.05) is 26.0 Å². The van der Waals surface area contributed by atoms with Gasteiger partial charge in [0.1, 0.15) is 6.54 Å². The first-order valence-corrected chi connectivity index (χ1v) is 8.13. The van der Waals surface area contributed by atoms with Crippen molar-refractivity contribution in [2.75, 3.05) is 11.9 Å². The lowest BCUT2D eigenvalue weighted by atomic mass is 10.0. The minimum absolute atomic E-state index is 0.0270. The fourth-order valence-electron chi connectivity index (χ4n) is 2.30. The van der Waals surface area contributed by atoms with E-state index in [9.17, 15) is 14.4 Å². The lowest BCUT2D eigenvalue weighted by Gasteiger charge is -2.11. The van der Waals surface area contributed by atoms with Gasteiger partial charge in [-0.3, -0.25) is 9.59 Å². The van der Waals surface area contributed by atoms with Gasteiger partial charge in [-0.05, 0) is 49.2 Å². The average molecular weight is 355 g/mol. The summed E-state index contributed by atoms with van der Waals surface area (Å²) >= 11 is 0. The molecule has 0 aromatic heterocycles. The van der Waals surface area contributed by atoms with Crippen molar-refractivity contribution >= 4 is 23.6 Å². The van der Waals surface area contributed by atoms with Gasteiger partial charge in [0.05, 0.1) is 0 Å². The Hall–Kier alpha value is -3.35. The summed E-state index contributed by atoms with van der Waals surface area (Å²) in [5.74, 6) is -1.56. The van der Waals surface area contributed by atoms with E-state index < -0.39 is 18.4 Å². The van der Waals surface area contributed by atoms with Crippen molar-refractivity contribution in [3.8, 4) is 11.1 Å². The first kappa shape index (κ1) is 19.0. The van der Waals surface area contributed by atoms with Crippen LogP contribution in [-0.4, -0.2) is 35.6 Å². The molecule has 0 unspecified atom stereocenters. The number of carboxylic acids is 1. The minimum atomic E-state index is -1.10. The Morgan fingerprint density at radius 3 is 2.31 bits per heavy atom. The predicted molar refractivity (Wildman–Crippen MR) is 99.1 cm³/mol. The van der Waals surface area contributed by atoms with E-state index in [-0.39, 0.29) is 12.1 Å². The number of benzene rings is 2. The van der Waals surface area contributed by atoms with Gasteiger partial charge >= 0.3 is 12.0 Å². The summed E-state index contributed by atoms with van der Waals surface area (Å²) < 4.78 is 0. The fourth-order valence-corrected chi connectivity index (χ4v) is 2.30. The Morgan fingerprint density at radius 2 is 1.65 bits per heavy atom. The van der Waals surface area contributed by atoms with Crippen molar-refractivity contribution in [2.24, 2.45) is 0 Å². The highest BCUT2D eigenvalue weighted by Crippen LogP contribution is 2.23. The smallest absolute Gasteiger partial charge is 0.322 e. The summed E-state index contributed by atoms with van der Waals surface area (Å²) in [5.41, 5.74) is 2.59. The van der Waals surface area contributed by atoms with Crippen LogP contribution in [0.3, 0.4) is 0 Å². The molecule has 0 aliphatic carbocycles. The second kappa shape index (κ2) is 8.66. The molecule has 0 fully saturated rings. The average Bonchev–Trinajstić information content (AvgIpc) is 2.59. The van der Waals surface area contributed by atoms with Gasteiger partial charge in [0.25, 0.3) is 5.91 Å². The molecule has 2 rings (SSSR count). The summed E-state index contributed by atoms with van der Waals surface area (Å²) in [6.07, 6.45) is 0. The van der Waals surface area contributed by atoms with E-state index in [4.69, 9.17) is 5.11 Å². The van der Waals surface area contributed by atoms with Crippen LogP contribution in [0.15, 0.2) is 48.5 Å². The number of hydrogen-bond donors (Lipinski definition) is 4. The monoisotopic (exact) mass is 355 g/mol. The number of amides is 3. The zero-order chi connectivity index (χ0) is 19.1. The Balaban J connectivity index is 2.17. The molecule has 0 radical (unpaired) electrons. The molecule has 0 aliphatic rings. The molecular weight excluding hydrogens is 334 g/mol. The Kier molecular flexibility index (Phi) is 6.32. The van der Waals surface area contributed by atoms with Gasteiger partial charge in [-0.15, -0.1) is 0 Å². The minimum Gasteiger partial charge on any atom is -0.480 e. The molecule has 0 spiro atoms. The Labute approximate surface area is 151 Å². The maximum absolute atomic E-state index is 12.0. The zero-order valence-electron chi connectivity index (χ0n) is 14.6. The van der Waals surface area contributed by atoms with Crippen LogP contribution in [-0.2, 0) is 4.79 Å². The summed E-state index contributed by atoms with van der Waals surface area (Å²) in [6.45, 7) is 3.31. The van der Waals surface area contributed by atoms with Gasteiger partial charge < -0.3 is 21.1 Å². The number of anilines is 1. The van der Waals surface area contributed by atoms with Crippen molar-refractivity contribution in [1.29, 1.82) is 0 Å². The van der Waals surface area contributed by atoms with Crippen LogP contribution in [0.2, 0.25) is 0 Å². The van der Waals surface area contributed by atoms with E-state index >= 15 is 0 Å². The second-order valence-electron chi connectivity index (χ2n) is 5.99. The maximum atomic E-state index is 12.0. The largest absolute Gasteiger partial charge is 0.480 e. The first-order chi connectivity index (χ1) is 12.3. The van der Waals surface area contributed by atoms with Crippen LogP contribution >= 0.6 is 0 Å². The molecular formula is C19H21N3O4. The molecule has 2 aromatic carbocycles. The highest BCUT2D eigenvalue weighted by Gasteiger charge is 2.09. The van der Waals surface area contributed by atoms with Crippen LogP contribution in [0, 0.1) is 0 Å². The summed E-state index contributed by atoms with van der Waals surface area (Å²) in [6, 6.07) is 13.8. The van der Waals surface area contributed by atoms with Gasteiger partial charge in [-0.25, -0.2) is 4.79 Å². The quantitative estimate of drug-likeness (QED) is 0.639. The lowest BCUT2D eigenvalue weighted by molar-refractivity contribution is -0.135. The van der Waals surface area contributed by atoms with E-state index in [0.717, 1.165) is 11.1 Å². The van der Waals surface area contributed by atoms with Gasteiger partial charge in [0.2, 0.25) is 0 Å². The van der Waals surface area contributed by atoms with Crippen molar-refractivity contribution in [3.05, 3.63) is 54.1 Å². The highest BCUT2D eigenvalue weighted by molar-refractivity contribution is 5.97. The lowest BCUT2D eigenvalue weighted by Crippen LogP contribution is -2.34. The molecule has 136 valence electrons. The standard InChI is InChI=1S/C19H21N3O4/c1-12(2)21-19(26)22-16-8-4-6-14(10-16)13-5-3-7-15(9-13)18(25)20-11-17(23)24/h3-10,12H,11H2,1-2H3,(H,20,25)(H,23,24)(H2,21,22,26). The topological polar surface area (TPSA) is 108 Å². The molecule has 7 nitrogen and oxygen atoms in total. The van der Waals surface area contributed by atoms with Crippen LogP contribution in [0.25, 0.3) is 11.1 Å². The summed E-state index contributed by atoms with van der Waals surface area (Å²) in [4.78, 5) is 34.4. The van der Waals surface area contributed by atoms with Crippen molar-refractivity contribution in [1.82, 2.24) is 10.6 Å². The van der Waals surface area contributed by atoms with Crippen LogP contribution < -0.4 is 16.0 Å². The van der Waals surface area contributed by atoms with Crippen molar-refractivity contribution in [2.45, 2.75) is 19.9 Å². The number of urea groups is 1. The molecule has 0 bridgehead atoms. The molecule has 4 N–H and O–H groups in total. The Morgan fingerprint density at radius 1 is 1.00 bits per heavy atom. The number of hydrogen-bond acceptors (Lipinski definition) is 3. The van der Waals surface area contributed by atoms with E-state index in [2.05, 4.69) is 16.0 Å². The SMILES string of the molecule is CC(C)NC(=O)Nc1cccc(-c2cccc(C(=O)NCC(=O)O)c2)c1. The highest BCUT2D eigenvalue weighted by atomic mass is 16.4. The first-order valence-electron chi connectivity index (χ1n) is 8.13. The van der Waals surface area contributed by atoms with Gasteiger partial charge in [-0.2, -0.15) is 0 Å². The number of aliphatic carboxylic acids is 1. The molecule has 2 aromatic rings. The third-order valence-electron chi connectivity index (χ3n) is 3.40. The predicted octanol–water partition coefficient (Wildman–Crippen LogP) is 2.70. The maximum Gasteiger partial charge on any atom is 0.322 e. The number of rotatable bonds is 6. The molecule has 3 amide bonds.